The number of hydrogen-bond donors (Lipinski definition) is 4. The molecule has 0 aliphatic heterocycles. The van der Waals surface area contributed by atoms with E-state index in [1.807, 2.05) is 30.5 Å². The second kappa shape index (κ2) is 18.3. The van der Waals surface area contributed by atoms with Crippen molar-refractivity contribution in [2.45, 2.75) is 25.7 Å². The first-order valence-electron chi connectivity index (χ1n) is 20.5. The fourth-order valence-electron chi connectivity index (χ4n) is 7.38. The maximum atomic E-state index is 15.1. The van der Waals surface area contributed by atoms with Crippen molar-refractivity contribution in [1.29, 1.82) is 0 Å². The number of nitrogens with two attached hydrogens (primary N) is 1. The maximum absolute atomic E-state index is 15.1. The number of methoxy groups -OCH3 is 2. The Balaban J connectivity index is 0.899. The maximum Gasteiger partial charge on any atom is 0.258 e. The molecule has 65 heavy (non-hydrogen) atoms. The third-order valence-electron chi connectivity index (χ3n) is 11.1. The average molecular weight is 883 g/mol. The van der Waals surface area contributed by atoms with E-state index in [-0.39, 0.29) is 93.7 Å². The molecule has 7 aromatic rings. The normalized spacial score (nSPS) is 12.2. The summed E-state index contributed by atoms with van der Waals surface area (Å²) in [4.78, 5) is 60.7. The molecule has 0 saturated heterocycles. The van der Waals surface area contributed by atoms with Crippen molar-refractivity contribution in [1.82, 2.24) is 29.8 Å². The summed E-state index contributed by atoms with van der Waals surface area (Å²) in [7, 11) is 4.36. The van der Waals surface area contributed by atoms with Gasteiger partial charge in [-0.1, -0.05) is 30.8 Å². The van der Waals surface area contributed by atoms with Crippen LogP contribution >= 0.6 is 0 Å². The van der Waals surface area contributed by atoms with Crippen LogP contribution in [0.15, 0.2) is 97.6 Å². The van der Waals surface area contributed by atoms with Gasteiger partial charge < -0.3 is 44.9 Å². The summed E-state index contributed by atoms with van der Waals surface area (Å²) in [6.45, 7) is 5.24. The largest absolute Gasteiger partial charge is 0.493 e. The smallest absolute Gasteiger partial charge is 0.258 e. The number of rotatable bonds is 17. The van der Waals surface area contributed by atoms with Gasteiger partial charge in [0.1, 0.15) is 48.4 Å². The Kier molecular flexibility index (Phi) is 12.3. The molecule has 0 atom stereocenters. The topological polar surface area (TPSA) is 200 Å². The summed E-state index contributed by atoms with van der Waals surface area (Å²) >= 11 is 0. The number of likely N-dealkylation sites (N-methyl/N-ethyl adjacent to an activating group) is 1. The number of carbonyl (C=O) groups excluding carboxylic acids is 3. The Morgan fingerprint density at radius 2 is 1.69 bits per heavy atom. The number of aromatic nitrogens is 5. The lowest BCUT2D eigenvalue weighted by molar-refractivity contribution is -0.126. The van der Waals surface area contributed by atoms with Crippen LogP contribution in [0.4, 0.5) is 20.3 Å². The lowest BCUT2D eigenvalue weighted by Crippen LogP contribution is -2.33. The van der Waals surface area contributed by atoms with E-state index in [1.54, 1.807) is 13.0 Å². The first kappa shape index (κ1) is 43.6. The van der Waals surface area contributed by atoms with Crippen molar-refractivity contribution in [2.75, 3.05) is 52.1 Å². The van der Waals surface area contributed by atoms with Crippen LogP contribution in [0, 0.1) is 18.6 Å². The highest BCUT2D eigenvalue weighted by Crippen LogP contribution is 2.42. The fourth-order valence-corrected chi connectivity index (χ4v) is 7.38. The minimum absolute atomic E-state index is 0.0200. The number of nitrogens with zero attached hydrogens (tertiary/aromatic N) is 4. The molecule has 1 saturated carbocycles. The number of ketones is 1. The Labute approximate surface area is 371 Å². The predicted octanol–water partition coefficient (Wildman–Crippen LogP) is 8.03. The van der Waals surface area contributed by atoms with E-state index in [0.717, 1.165) is 40.9 Å². The SMILES string of the molecule is C=C(COc1c(OC)cc(C(=O)c2cnc(-c3c[nH]c4ccccc34)[nH]2)cc1OC)C(=O)N(C)CCOc1c(N)ncnc1-c1cc(F)cc(NC(=O)c2ccc(C3CC3)cc2F)c1C. The molecule has 5 N–H and O–H groups in total. The number of nitrogens with one attached hydrogen (secondary N) is 3. The number of halogens is 2. The first-order valence-corrected chi connectivity index (χ1v) is 20.5. The Morgan fingerprint density at radius 3 is 2.42 bits per heavy atom. The molecular formula is C48H44F2N8O7. The minimum Gasteiger partial charge on any atom is -0.493 e. The monoisotopic (exact) mass is 882 g/mol. The first-order chi connectivity index (χ1) is 31.3. The van der Waals surface area contributed by atoms with Gasteiger partial charge in [-0.15, -0.1) is 0 Å². The summed E-state index contributed by atoms with van der Waals surface area (Å²) in [6, 6.07) is 17.6. The van der Waals surface area contributed by atoms with E-state index in [2.05, 4.69) is 36.8 Å². The number of hydrogen-bond acceptors (Lipinski definition) is 11. The molecule has 8 rings (SSSR count). The summed E-state index contributed by atoms with van der Waals surface area (Å²) in [5.41, 5.74) is 10.1. The second-order valence-corrected chi connectivity index (χ2v) is 15.4. The van der Waals surface area contributed by atoms with Crippen LogP contribution in [0.2, 0.25) is 0 Å². The third kappa shape index (κ3) is 9.07. The summed E-state index contributed by atoms with van der Waals surface area (Å²) < 4.78 is 53.3. The molecule has 2 amide bonds. The zero-order valence-corrected chi connectivity index (χ0v) is 35.9. The van der Waals surface area contributed by atoms with Crippen LogP contribution in [-0.4, -0.2) is 88.4 Å². The Bertz CT molecular complexity index is 2970. The predicted molar refractivity (Wildman–Crippen MR) is 240 cm³/mol. The third-order valence-corrected chi connectivity index (χ3v) is 11.1. The number of aromatic amines is 2. The number of imidazole rings is 1. The molecule has 332 valence electrons. The number of H-pyrrole nitrogens is 2. The molecule has 15 nitrogen and oxygen atoms in total. The quantitative estimate of drug-likeness (QED) is 0.0510. The van der Waals surface area contributed by atoms with Crippen LogP contribution in [-0.2, 0) is 4.79 Å². The van der Waals surface area contributed by atoms with E-state index in [1.165, 1.54) is 69.0 Å². The number of ether oxygens (including phenoxy) is 4. The van der Waals surface area contributed by atoms with Gasteiger partial charge in [-0.25, -0.2) is 23.7 Å². The highest BCUT2D eigenvalue weighted by molar-refractivity contribution is 6.09. The van der Waals surface area contributed by atoms with Crippen molar-refractivity contribution in [3.63, 3.8) is 0 Å². The Hall–Kier alpha value is -8.08. The molecule has 4 aromatic carbocycles. The van der Waals surface area contributed by atoms with Gasteiger partial charge in [0, 0.05) is 52.1 Å². The number of fused-ring (bicyclic) bond motifs is 1. The van der Waals surface area contributed by atoms with Crippen LogP contribution in [0.3, 0.4) is 0 Å². The number of carbonyl (C=O) groups is 3. The van der Waals surface area contributed by atoms with Crippen LogP contribution in [0.25, 0.3) is 33.5 Å². The lowest BCUT2D eigenvalue weighted by Gasteiger charge is -2.21. The van der Waals surface area contributed by atoms with Crippen molar-refractivity contribution >= 4 is 40.0 Å². The summed E-state index contributed by atoms with van der Waals surface area (Å²) in [5, 5.41) is 3.58. The number of benzene rings is 4. The zero-order chi connectivity index (χ0) is 45.9. The van der Waals surface area contributed by atoms with Gasteiger partial charge in [0.05, 0.1) is 32.5 Å². The van der Waals surface area contributed by atoms with Gasteiger partial charge in [0.2, 0.25) is 11.5 Å². The van der Waals surface area contributed by atoms with Gasteiger partial charge in [0.15, 0.2) is 23.1 Å². The van der Waals surface area contributed by atoms with Gasteiger partial charge in [-0.3, -0.25) is 14.4 Å². The molecule has 0 spiro atoms. The molecular weight excluding hydrogens is 839 g/mol. The molecule has 0 radical (unpaired) electrons. The van der Waals surface area contributed by atoms with Crippen molar-refractivity contribution in [3.05, 3.63) is 137 Å². The highest BCUT2D eigenvalue weighted by atomic mass is 19.1. The van der Waals surface area contributed by atoms with E-state index in [4.69, 9.17) is 24.7 Å². The number of para-hydroxylation sites is 1. The second-order valence-electron chi connectivity index (χ2n) is 15.4. The number of amides is 2. The fraction of sp³-hybridized carbons (Fsp3) is 0.208. The highest BCUT2D eigenvalue weighted by Gasteiger charge is 2.27. The van der Waals surface area contributed by atoms with E-state index < -0.39 is 23.4 Å². The van der Waals surface area contributed by atoms with Crippen molar-refractivity contribution < 1.29 is 42.1 Å². The molecule has 0 unspecified atom stereocenters. The van der Waals surface area contributed by atoms with Crippen LogP contribution < -0.4 is 30.0 Å². The lowest BCUT2D eigenvalue weighted by atomic mass is 10.0. The zero-order valence-electron chi connectivity index (χ0n) is 35.9. The minimum atomic E-state index is -0.742. The standard InChI is InChI=1S/C48H44F2N8O7/c1-25(23-65-43-39(62-4)17-29(18-40(43)63-5)42(59)38-22-53-46(56-38)34-21-52-36-9-7-6-8-31(34)36)48(61)58(3)14-15-64-44-41(54-24-55-45(44)51)33-19-30(49)20-37(26(33)2)57-47(60)32-13-12-28(16-35(32)50)27-10-11-27/h6-9,12-13,16-22,24,27,52H,1,10-11,14-15,23H2,2-5H3,(H,53,56)(H,57,60)(H2,51,54,55). The molecule has 1 fully saturated rings. The van der Waals surface area contributed by atoms with Crippen LogP contribution in [0.1, 0.15) is 56.3 Å². The van der Waals surface area contributed by atoms with Gasteiger partial charge >= 0.3 is 0 Å². The van der Waals surface area contributed by atoms with Gasteiger partial charge in [0.25, 0.3) is 11.8 Å². The van der Waals surface area contributed by atoms with Crippen LogP contribution in [0.5, 0.6) is 23.0 Å². The van der Waals surface area contributed by atoms with E-state index in [0.29, 0.717) is 17.3 Å². The molecule has 3 heterocycles. The van der Waals surface area contributed by atoms with Crippen molar-refractivity contribution in [2.24, 2.45) is 0 Å². The van der Waals surface area contributed by atoms with E-state index in [9.17, 15) is 18.8 Å². The van der Waals surface area contributed by atoms with Gasteiger partial charge in [-0.2, -0.15) is 0 Å². The average Bonchev–Trinajstić information content (AvgIpc) is 3.89. The summed E-state index contributed by atoms with van der Waals surface area (Å²) in [6.07, 6.45) is 6.44. The van der Waals surface area contributed by atoms with Crippen molar-refractivity contribution in [3.8, 4) is 45.6 Å². The molecule has 1 aliphatic rings. The summed E-state index contributed by atoms with van der Waals surface area (Å²) in [5.74, 6) is -1.64. The number of nitrogen functional groups attached to an aromatic ring is 1. The molecule has 1 aliphatic carbocycles. The number of anilines is 2. The molecule has 3 aromatic heterocycles. The molecule has 17 heteroatoms. The van der Waals surface area contributed by atoms with E-state index >= 15 is 4.39 Å². The van der Waals surface area contributed by atoms with Gasteiger partial charge in [-0.05, 0) is 79.3 Å². The Morgan fingerprint density at radius 1 is 0.938 bits per heavy atom. The molecule has 0 bridgehead atoms.